The molecule has 0 bridgehead atoms. The topological polar surface area (TPSA) is 63.6 Å². The number of Topliss-reactive ketones (excluding diaryl/α,β-unsaturated/α-hetero) is 1. The second-order valence-corrected chi connectivity index (χ2v) is 4.54. The summed E-state index contributed by atoms with van der Waals surface area (Å²) in [7, 11) is 0. The number of rotatable bonds is 2. The maximum absolute atomic E-state index is 12.4. The van der Waals surface area contributed by atoms with Crippen molar-refractivity contribution in [2.45, 2.75) is 0 Å². The molecule has 3 rings (SSSR count). The molecule has 1 N–H and O–H groups in total. The largest absolute Gasteiger partial charge is 0.507 e. The zero-order chi connectivity index (χ0) is 15.0. The average molecular weight is 284 g/mol. The first-order valence-electron chi connectivity index (χ1n) is 6.14. The van der Waals surface area contributed by atoms with Crippen LogP contribution in [0.4, 0.5) is 4.53 Å². The van der Waals surface area contributed by atoms with Crippen molar-refractivity contribution in [1.29, 1.82) is 0 Å². The molecule has 5 heteroatoms. The van der Waals surface area contributed by atoms with E-state index >= 15 is 0 Å². The minimum absolute atomic E-state index is 0.138. The van der Waals surface area contributed by atoms with Crippen molar-refractivity contribution in [2.75, 3.05) is 0 Å². The number of hydrogen-bond donors (Lipinski definition) is 1. The number of hydrogen-bond acceptors (Lipinski definition) is 4. The maximum Gasteiger partial charge on any atom is 0.383 e. The highest BCUT2D eigenvalue weighted by Gasteiger charge is 2.28. The normalized spacial score (nSPS) is 12.8. The summed E-state index contributed by atoms with van der Waals surface area (Å²) in [4.78, 5) is 27.1. The lowest BCUT2D eigenvalue weighted by molar-refractivity contribution is -0.0790. The molecular formula is C16H9FO4. The van der Waals surface area contributed by atoms with Crippen LogP contribution in [0.3, 0.4) is 0 Å². The van der Waals surface area contributed by atoms with Crippen LogP contribution in [-0.4, -0.2) is 16.9 Å². The van der Waals surface area contributed by atoms with E-state index in [9.17, 15) is 19.2 Å². The van der Waals surface area contributed by atoms with Gasteiger partial charge in [-0.25, -0.2) is 9.74 Å². The Morgan fingerprint density at radius 3 is 2.48 bits per heavy atom. The number of halogens is 1. The molecule has 0 aliphatic heterocycles. The molecule has 104 valence electrons. The third-order valence-corrected chi connectivity index (χ3v) is 3.36. The number of fused-ring (bicyclic) bond motifs is 1. The molecule has 0 amide bonds. The molecule has 2 aromatic rings. The van der Waals surface area contributed by atoms with Crippen LogP contribution in [0.2, 0.25) is 0 Å². The quantitative estimate of drug-likeness (QED) is 0.920. The summed E-state index contributed by atoms with van der Waals surface area (Å²) < 4.78 is 12.2. The van der Waals surface area contributed by atoms with Crippen LogP contribution in [0.1, 0.15) is 31.8 Å². The SMILES string of the molecule is O=C1C(c2cccc(O)c2C(=O)OF)=Cc2ccccc21. The van der Waals surface area contributed by atoms with Crippen LogP contribution in [-0.2, 0) is 4.94 Å². The van der Waals surface area contributed by atoms with Gasteiger partial charge in [-0.3, -0.25) is 4.79 Å². The van der Waals surface area contributed by atoms with Gasteiger partial charge in [0.05, 0.1) is 0 Å². The van der Waals surface area contributed by atoms with Gasteiger partial charge < -0.3 is 5.11 Å². The maximum atomic E-state index is 12.4. The number of phenols is 1. The van der Waals surface area contributed by atoms with Crippen LogP contribution in [0, 0.1) is 0 Å². The number of benzene rings is 2. The summed E-state index contributed by atoms with van der Waals surface area (Å²) in [5.41, 5.74) is 1.19. The predicted octanol–water partition coefficient (Wildman–Crippen LogP) is 3.17. The first-order valence-corrected chi connectivity index (χ1v) is 6.14. The smallest absolute Gasteiger partial charge is 0.383 e. The van der Waals surface area contributed by atoms with E-state index in [0.29, 0.717) is 11.1 Å². The number of aromatic hydroxyl groups is 1. The van der Waals surface area contributed by atoms with Crippen molar-refractivity contribution in [3.8, 4) is 5.75 Å². The van der Waals surface area contributed by atoms with E-state index in [0.717, 1.165) is 0 Å². The highest BCUT2D eigenvalue weighted by Crippen LogP contribution is 2.35. The number of carbonyl (C=O) groups excluding carboxylic acids is 2. The molecule has 0 fully saturated rings. The van der Waals surface area contributed by atoms with E-state index in [1.165, 1.54) is 18.2 Å². The van der Waals surface area contributed by atoms with E-state index in [1.807, 2.05) is 0 Å². The van der Waals surface area contributed by atoms with Gasteiger partial charge in [-0.2, -0.15) is 0 Å². The Morgan fingerprint density at radius 1 is 1.05 bits per heavy atom. The van der Waals surface area contributed by atoms with Gasteiger partial charge in [-0.05, 0) is 17.7 Å². The molecule has 0 spiro atoms. The molecule has 0 atom stereocenters. The first-order chi connectivity index (χ1) is 10.1. The number of ketones is 1. The average Bonchev–Trinajstić information content (AvgIpc) is 2.84. The van der Waals surface area contributed by atoms with Gasteiger partial charge in [0.25, 0.3) is 0 Å². The molecule has 0 unspecified atom stereocenters. The van der Waals surface area contributed by atoms with E-state index in [4.69, 9.17) is 0 Å². The summed E-state index contributed by atoms with van der Waals surface area (Å²) in [6.45, 7) is 0. The Labute approximate surface area is 119 Å². The lowest BCUT2D eigenvalue weighted by atomic mass is 9.96. The minimum Gasteiger partial charge on any atom is -0.507 e. The molecule has 0 heterocycles. The Kier molecular flexibility index (Phi) is 3.02. The molecule has 4 nitrogen and oxygen atoms in total. The summed E-state index contributed by atoms with van der Waals surface area (Å²) in [6.07, 6.45) is 1.60. The molecular weight excluding hydrogens is 275 g/mol. The summed E-state index contributed by atoms with van der Waals surface area (Å²) in [6, 6.07) is 11.1. The monoisotopic (exact) mass is 284 g/mol. The second-order valence-electron chi connectivity index (χ2n) is 4.54. The number of allylic oxidation sites excluding steroid dienone is 1. The second kappa shape index (κ2) is 4.86. The van der Waals surface area contributed by atoms with Gasteiger partial charge in [0, 0.05) is 21.2 Å². The Morgan fingerprint density at radius 2 is 1.76 bits per heavy atom. The highest BCUT2D eigenvalue weighted by molar-refractivity contribution is 6.38. The van der Waals surface area contributed by atoms with Crippen molar-refractivity contribution < 1.29 is 24.2 Å². The van der Waals surface area contributed by atoms with Crippen molar-refractivity contribution >= 4 is 23.4 Å². The van der Waals surface area contributed by atoms with Crippen molar-refractivity contribution in [1.82, 2.24) is 0 Å². The molecule has 0 saturated carbocycles. The zero-order valence-corrected chi connectivity index (χ0v) is 10.7. The lowest BCUT2D eigenvalue weighted by Gasteiger charge is -2.08. The molecule has 2 aromatic carbocycles. The van der Waals surface area contributed by atoms with Gasteiger partial charge >= 0.3 is 5.97 Å². The molecule has 0 aromatic heterocycles. The fourth-order valence-electron chi connectivity index (χ4n) is 2.41. The molecule has 1 aliphatic carbocycles. The van der Waals surface area contributed by atoms with Gasteiger partial charge in [0.15, 0.2) is 5.78 Å². The highest BCUT2D eigenvalue weighted by atomic mass is 19.3. The number of phenolic OH excluding ortho intramolecular Hbond substituents is 1. The molecule has 0 saturated heterocycles. The van der Waals surface area contributed by atoms with Crippen LogP contribution < -0.4 is 0 Å². The predicted molar refractivity (Wildman–Crippen MR) is 73.3 cm³/mol. The van der Waals surface area contributed by atoms with Crippen LogP contribution >= 0.6 is 0 Å². The Balaban J connectivity index is 2.18. The zero-order valence-electron chi connectivity index (χ0n) is 10.7. The van der Waals surface area contributed by atoms with E-state index in [-0.39, 0.29) is 22.5 Å². The van der Waals surface area contributed by atoms with Gasteiger partial charge in [0.1, 0.15) is 11.3 Å². The molecule has 1 aliphatic rings. The number of carbonyl (C=O) groups is 2. The molecule has 21 heavy (non-hydrogen) atoms. The summed E-state index contributed by atoms with van der Waals surface area (Å²) >= 11 is 0. The van der Waals surface area contributed by atoms with Crippen molar-refractivity contribution in [3.63, 3.8) is 0 Å². The van der Waals surface area contributed by atoms with Crippen LogP contribution in [0.25, 0.3) is 11.6 Å². The van der Waals surface area contributed by atoms with Crippen molar-refractivity contribution in [2.24, 2.45) is 0 Å². The third-order valence-electron chi connectivity index (χ3n) is 3.36. The fraction of sp³-hybridized carbons (Fsp3) is 0. The standard InChI is InChI=1S/C16H9FO4/c17-21-16(20)14-11(6-3-7-13(14)18)12-8-9-4-1-2-5-10(9)15(12)19/h1-8,18H. The Bertz CT molecular complexity index is 793. The van der Waals surface area contributed by atoms with Gasteiger partial charge in [0.2, 0.25) is 0 Å². The fourth-order valence-corrected chi connectivity index (χ4v) is 2.41. The first kappa shape index (κ1) is 13.1. The van der Waals surface area contributed by atoms with Gasteiger partial charge in [-0.15, -0.1) is 0 Å². The summed E-state index contributed by atoms with van der Waals surface area (Å²) in [5.74, 6) is -2.07. The summed E-state index contributed by atoms with van der Waals surface area (Å²) in [5, 5.41) is 9.75. The minimum atomic E-state index is -1.34. The van der Waals surface area contributed by atoms with E-state index < -0.39 is 11.7 Å². The van der Waals surface area contributed by atoms with Crippen LogP contribution in [0.5, 0.6) is 5.75 Å². The molecule has 0 radical (unpaired) electrons. The van der Waals surface area contributed by atoms with Crippen molar-refractivity contribution in [3.05, 3.63) is 64.7 Å². The van der Waals surface area contributed by atoms with E-state index in [1.54, 1.807) is 30.3 Å². The third kappa shape index (κ3) is 1.99. The van der Waals surface area contributed by atoms with E-state index in [2.05, 4.69) is 4.94 Å². The lowest BCUT2D eigenvalue weighted by Crippen LogP contribution is -2.07. The van der Waals surface area contributed by atoms with Crippen LogP contribution in [0.15, 0.2) is 42.5 Å². The van der Waals surface area contributed by atoms with Gasteiger partial charge in [-0.1, -0.05) is 36.4 Å². The Hall–Kier alpha value is -2.95.